The van der Waals surface area contributed by atoms with Crippen LogP contribution in [0.3, 0.4) is 0 Å². The van der Waals surface area contributed by atoms with Crippen LogP contribution >= 0.6 is 11.8 Å². The molecular formula is C16H28N2O4S. The van der Waals surface area contributed by atoms with Crippen molar-refractivity contribution >= 4 is 29.5 Å². The van der Waals surface area contributed by atoms with Gasteiger partial charge in [0, 0.05) is 12.2 Å². The van der Waals surface area contributed by atoms with Crippen molar-refractivity contribution in [1.29, 1.82) is 0 Å². The molecule has 0 aromatic heterocycles. The van der Waals surface area contributed by atoms with Crippen LogP contribution in [0.25, 0.3) is 0 Å². The summed E-state index contributed by atoms with van der Waals surface area (Å²) in [6, 6.07) is -1.45. The Bertz CT molecular complexity index is 448. The van der Waals surface area contributed by atoms with Gasteiger partial charge in [0.15, 0.2) is 0 Å². The van der Waals surface area contributed by atoms with Gasteiger partial charge in [0.1, 0.15) is 12.1 Å². The molecule has 2 unspecified atom stereocenters. The molecule has 132 valence electrons. The van der Waals surface area contributed by atoms with Gasteiger partial charge in [-0.2, -0.15) is 0 Å². The summed E-state index contributed by atoms with van der Waals surface area (Å²) >= 11 is 1.52. The van der Waals surface area contributed by atoms with Gasteiger partial charge in [0.2, 0.25) is 11.8 Å². The highest BCUT2D eigenvalue weighted by Gasteiger charge is 2.37. The summed E-state index contributed by atoms with van der Waals surface area (Å²) in [4.78, 5) is 37.6. The van der Waals surface area contributed by atoms with Gasteiger partial charge in [-0.3, -0.25) is 9.59 Å². The number of carbonyl (C=O) groups excluding carboxylic acids is 2. The third-order valence-electron chi connectivity index (χ3n) is 3.65. The standard InChI is InChI=1S/C16H28N2O4S/c1-5-6-7-11(15(21)22)17-14(20)12-9-23-10-18(12)13(19)8-16(2,3)4/h11-12H,5-10H2,1-4H3,(H,17,20)(H,21,22). The normalized spacial score (nSPS) is 19.5. The fourth-order valence-corrected chi connectivity index (χ4v) is 3.58. The van der Waals surface area contributed by atoms with Crippen LogP contribution in [0.2, 0.25) is 0 Å². The highest BCUT2D eigenvalue weighted by Crippen LogP contribution is 2.26. The highest BCUT2D eigenvalue weighted by atomic mass is 32.2. The fourth-order valence-electron chi connectivity index (χ4n) is 2.39. The van der Waals surface area contributed by atoms with E-state index in [0.29, 0.717) is 24.5 Å². The zero-order valence-corrected chi connectivity index (χ0v) is 15.2. The van der Waals surface area contributed by atoms with Gasteiger partial charge in [0.25, 0.3) is 0 Å². The van der Waals surface area contributed by atoms with Gasteiger partial charge in [-0.1, -0.05) is 40.5 Å². The Labute approximate surface area is 142 Å². The van der Waals surface area contributed by atoms with Crippen molar-refractivity contribution in [2.24, 2.45) is 5.41 Å². The summed E-state index contributed by atoms with van der Waals surface area (Å²) in [5.74, 6) is -0.435. The van der Waals surface area contributed by atoms with Gasteiger partial charge in [-0.25, -0.2) is 4.79 Å². The molecule has 1 heterocycles. The second-order valence-corrected chi connectivity index (χ2v) is 8.16. The minimum atomic E-state index is -1.02. The summed E-state index contributed by atoms with van der Waals surface area (Å²) in [5.41, 5.74) is -0.143. The number of carboxylic acid groups (broad SMARTS) is 1. The minimum Gasteiger partial charge on any atom is -0.480 e. The number of rotatable bonds is 7. The molecule has 0 spiro atoms. The molecule has 1 aliphatic heterocycles. The van der Waals surface area contributed by atoms with Crippen LogP contribution in [0.4, 0.5) is 0 Å². The van der Waals surface area contributed by atoms with Crippen LogP contribution in [-0.4, -0.2) is 51.5 Å². The molecule has 23 heavy (non-hydrogen) atoms. The Hall–Kier alpha value is -1.24. The topological polar surface area (TPSA) is 86.7 Å². The van der Waals surface area contributed by atoms with E-state index >= 15 is 0 Å². The minimum absolute atomic E-state index is 0.0527. The van der Waals surface area contributed by atoms with E-state index < -0.39 is 18.1 Å². The van der Waals surface area contributed by atoms with E-state index in [1.165, 1.54) is 11.8 Å². The molecule has 6 nitrogen and oxygen atoms in total. The number of nitrogens with zero attached hydrogens (tertiary/aromatic N) is 1. The van der Waals surface area contributed by atoms with E-state index in [9.17, 15) is 19.5 Å². The number of unbranched alkanes of at least 4 members (excludes halogenated alkanes) is 1. The number of carboxylic acids is 1. The molecule has 0 radical (unpaired) electrons. The lowest BCUT2D eigenvalue weighted by Gasteiger charge is -2.27. The number of thioether (sulfide) groups is 1. The molecule has 1 aliphatic rings. The highest BCUT2D eigenvalue weighted by molar-refractivity contribution is 7.99. The SMILES string of the molecule is CCCCC(NC(=O)C1CSCN1C(=O)CC(C)(C)C)C(=O)O. The van der Waals surface area contributed by atoms with Crippen molar-refractivity contribution in [3.63, 3.8) is 0 Å². The molecule has 1 rings (SSSR count). The molecule has 7 heteroatoms. The monoisotopic (exact) mass is 344 g/mol. The zero-order chi connectivity index (χ0) is 17.6. The molecule has 1 fully saturated rings. The van der Waals surface area contributed by atoms with Crippen molar-refractivity contribution in [1.82, 2.24) is 10.2 Å². The van der Waals surface area contributed by atoms with E-state index in [-0.39, 0.29) is 17.2 Å². The van der Waals surface area contributed by atoms with Crippen molar-refractivity contribution in [3.8, 4) is 0 Å². The van der Waals surface area contributed by atoms with Crippen molar-refractivity contribution in [2.45, 2.75) is 65.5 Å². The fraction of sp³-hybridized carbons (Fsp3) is 0.812. The smallest absolute Gasteiger partial charge is 0.326 e. The Morgan fingerprint density at radius 2 is 2.00 bits per heavy atom. The van der Waals surface area contributed by atoms with Gasteiger partial charge < -0.3 is 15.3 Å². The lowest BCUT2D eigenvalue weighted by Crippen LogP contribution is -2.52. The molecule has 2 amide bonds. The molecule has 0 bridgehead atoms. The number of amides is 2. The number of nitrogens with one attached hydrogen (secondary N) is 1. The predicted octanol–water partition coefficient (Wildman–Crippen LogP) is 2.08. The second kappa shape index (κ2) is 8.57. The largest absolute Gasteiger partial charge is 0.480 e. The Morgan fingerprint density at radius 3 is 2.52 bits per heavy atom. The summed E-state index contributed by atoms with van der Waals surface area (Å²) in [6.45, 7) is 7.92. The number of carbonyl (C=O) groups is 3. The van der Waals surface area contributed by atoms with Crippen LogP contribution in [0, 0.1) is 5.41 Å². The summed E-state index contributed by atoms with van der Waals surface area (Å²) in [5, 5.41) is 11.8. The summed E-state index contributed by atoms with van der Waals surface area (Å²) in [6.07, 6.45) is 2.39. The molecule has 0 saturated carbocycles. The number of hydrogen-bond donors (Lipinski definition) is 2. The summed E-state index contributed by atoms with van der Waals surface area (Å²) in [7, 11) is 0. The Balaban J connectivity index is 2.69. The molecular weight excluding hydrogens is 316 g/mol. The van der Waals surface area contributed by atoms with E-state index in [2.05, 4.69) is 5.32 Å². The quantitative estimate of drug-likeness (QED) is 0.738. The molecule has 0 aliphatic carbocycles. The van der Waals surface area contributed by atoms with Crippen molar-refractivity contribution < 1.29 is 19.5 Å². The third kappa shape index (κ3) is 6.41. The van der Waals surface area contributed by atoms with Crippen molar-refractivity contribution in [2.75, 3.05) is 11.6 Å². The van der Waals surface area contributed by atoms with Gasteiger partial charge in [0.05, 0.1) is 5.88 Å². The average Bonchev–Trinajstić information content (AvgIpc) is 2.90. The maximum absolute atomic E-state index is 12.4. The average molecular weight is 344 g/mol. The third-order valence-corrected chi connectivity index (χ3v) is 4.66. The first-order chi connectivity index (χ1) is 10.7. The first-order valence-corrected chi connectivity index (χ1v) is 9.21. The maximum Gasteiger partial charge on any atom is 0.326 e. The van der Waals surface area contributed by atoms with Crippen LogP contribution in [0.15, 0.2) is 0 Å². The van der Waals surface area contributed by atoms with E-state index in [4.69, 9.17) is 0 Å². The zero-order valence-electron chi connectivity index (χ0n) is 14.4. The van der Waals surface area contributed by atoms with Crippen LogP contribution in [-0.2, 0) is 14.4 Å². The van der Waals surface area contributed by atoms with Gasteiger partial charge in [-0.05, 0) is 11.8 Å². The molecule has 1 saturated heterocycles. The van der Waals surface area contributed by atoms with Gasteiger partial charge in [-0.15, -0.1) is 11.8 Å². The predicted molar refractivity (Wildman–Crippen MR) is 91.1 cm³/mol. The lowest BCUT2D eigenvalue weighted by atomic mass is 9.91. The molecule has 2 atom stereocenters. The van der Waals surface area contributed by atoms with Gasteiger partial charge >= 0.3 is 5.97 Å². The van der Waals surface area contributed by atoms with Crippen molar-refractivity contribution in [3.05, 3.63) is 0 Å². The maximum atomic E-state index is 12.4. The molecule has 0 aromatic rings. The van der Waals surface area contributed by atoms with Crippen LogP contribution in [0.1, 0.15) is 53.4 Å². The van der Waals surface area contributed by atoms with E-state index in [1.54, 1.807) is 4.90 Å². The Morgan fingerprint density at radius 1 is 1.35 bits per heavy atom. The Kier molecular flexibility index (Phi) is 7.38. The molecule has 0 aromatic carbocycles. The van der Waals surface area contributed by atoms with E-state index in [0.717, 1.165) is 12.8 Å². The van der Waals surface area contributed by atoms with E-state index in [1.807, 2.05) is 27.7 Å². The summed E-state index contributed by atoms with van der Waals surface area (Å²) < 4.78 is 0. The number of hydrogen-bond acceptors (Lipinski definition) is 4. The molecule has 2 N–H and O–H groups in total. The first-order valence-electron chi connectivity index (χ1n) is 8.06. The lowest BCUT2D eigenvalue weighted by molar-refractivity contribution is -0.144. The van der Waals surface area contributed by atoms with Crippen LogP contribution < -0.4 is 5.32 Å². The van der Waals surface area contributed by atoms with Crippen LogP contribution in [0.5, 0.6) is 0 Å². The number of aliphatic carboxylic acids is 1. The second-order valence-electron chi connectivity index (χ2n) is 7.16. The first kappa shape index (κ1) is 19.8.